The Labute approximate surface area is 168 Å². The second-order valence-corrected chi connectivity index (χ2v) is 7.04. The Morgan fingerprint density at radius 3 is 2.55 bits per heavy atom. The van der Waals surface area contributed by atoms with Crippen molar-refractivity contribution < 1.29 is 23.5 Å². The van der Waals surface area contributed by atoms with E-state index in [2.05, 4.69) is 5.32 Å². The summed E-state index contributed by atoms with van der Waals surface area (Å²) in [7, 11) is 0. The third-order valence-electron chi connectivity index (χ3n) is 4.99. The van der Waals surface area contributed by atoms with Gasteiger partial charge in [0.2, 0.25) is 5.91 Å². The standard InChI is InChI=1S/C22H23FN2O4/c1-15(17-5-3-2-4-6-17)25-13-18(11-21(25)27)22(28)29-14-20(26)24-12-16-7-9-19(23)10-8-16/h2-10,15,18H,11-14H2,1H3,(H,24,26)/t15-,18-/m1/s1. The molecule has 0 saturated carbocycles. The van der Waals surface area contributed by atoms with E-state index in [1.807, 2.05) is 37.3 Å². The normalized spacial score (nSPS) is 17.1. The van der Waals surface area contributed by atoms with Gasteiger partial charge in [-0.05, 0) is 30.2 Å². The fourth-order valence-corrected chi connectivity index (χ4v) is 3.28. The molecule has 29 heavy (non-hydrogen) atoms. The van der Waals surface area contributed by atoms with Crippen LogP contribution >= 0.6 is 0 Å². The third kappa shape index (κ3) is 5.40. The number of nitrogens with zero attached hydrogens (tertiary/aromatic N) is 1. The highest BCUT2D eigenvalue weighted by atomic mass is 19.1. The van der Waals surface area contributed by atoms with Crippen molar-refractivity contribution >= 4 is 17.8 Å². The summed E-state index contributed by atoms with van der Waals surface area (Å²) < 4.78 is 18.0. The van der Waals surface area contributed by atoms with Gasteiger partial charge in [-0.25, -0.2) is 4.39 Å². The number of carbonyl (C=O) groups excluding carboxylic acids is 3. The van der Waals surface area contributed by atoms with E-state index in [-0.39, 0.29) is 37.3 Å². The van der Waals surface area contributed by atoms with Crippen molar-refractivity contribution in [1.29, 1.82) is 0 Å². The number of hydrogen-bond donors (Lipinski definition) is 1. The van der Waals surface area contributed by atoms with Gasteiger partial charge in [0.05, 0.1) is 12.0 Å². The maximum Gasteiger partial charge on any atom is 0.311 e. The van der Waals surface area contributed by atoms with Crippen LogP contribution in [0.5, 0.6) is 0 Å². The first-order chi connectivity index (χ1) is 13.9. The van der Waals surface area contributed by atoms with E-state index in [1.165, 1.54) is 12.1 Å². The quantitative estimate of drug-likeness (QED) is 0.728. The van der Waals surface area contributed by atoms with Gasteiger partial charge in [-0.15, -0.1) is 0 Å². The van der Waals surface area contributed by atoms with Crippen molar-refractivity contribution in [3.63, 3.8) is 0 Å². The van der Waals surface area contributed by atoms with Gasteiger partial charge >= 0.3 is 5.97 Å². The van der Waals surface area contributed by atoms with Crippen LogP contribution in [0.25, 0.3) is 0 Å². The van der Waals surface area contributed by atoms with Crippen LogP contribution < -0.4 is 5.32 Å². The number of ether oxygens (including phenoxy) is 1. The minimum Gasteiger partial charge on any atom is -0.455 e. The molecule has 6 nitrogen and oxygen atoms in total. The van der Waals surface area contributed by atoms with E-state index >= 15 is 0 Å². The van der Waals surface area contributed by atoms with Gasteiger partial charge in [0.25, 0.3) is 5.91 Å². The molecule has 2 amide bonds. The number of hydrogen-bond acceptors (Lipinski definition) is 4. The Morgan fingerprint density at radius 1 is 1.17 bits per heavy atom. The number of likely N-dealkylation sites (tertiary alicyclic amines) is 1. The van der Waals surface area contributed by atoms with E-state index in [9.17, 15) is 18.8 Å². The third-order valence-corrected chi connectivity index (χ3v) is 4.99. The summed E-state index contributed by atoms with van der Waals surface area (Å²) in [5, 5.41) is 2.61. The van der Waals surface area contributed by atoms with Gasteiger partial charge in [0, 0.05) is 19.5 Å². The molecule has 1 N–H and O–H groups in total. The lowest BCUT2D eigenvalue weighted by Gasteiger charge is -2.25. The van der Waals surface area contributed by atoms with E-state index in [1.54, 1.807) is 17.0 Å². The average molecular weight is 398 g/mol. The average Bonchev–Trinajstić information content (AvgIpc) is 3.13. The van der Waals surface area contributed by atoms with Gasteiger partial charge in [-0.3, -0.25) is 14.4 Å². The molecule has 1 aliphatic rings. The first-order valence-electron chi connectivity index (χ1n) is 9.46. The fourth-order valence-electron chi connectivity index (χ4n) is 3.28. The van der Waals surface area contributed by atoms with Crippen molar-refractivity contribution in [2.45, 2.75) is 25.9 Å². The second-order valence-electron chi connectivity index (χ2n) is 7.04. The molecule has 1 aliphatic heterocycles. The Balaban J connectivity index is 1.45. The molecule has 0 spiro atoms. The van der Waals surface area contributed by atoms with Crippen LogP contribution in [0, 0.1) is 11.7 Å². The van der Waals surface area contributed by atoms with Gasteiger partial charge < -0.3 is 15.0 Å². The van der Waals surface area contributed by atoms with Crippen LogP contribution in [0.4, 0.5) is 4.39 Å². The fraction of sp³-hybridized carbons (Fsp3) is 0.318. The zero-order valence-corrected chi connectivity index (χ0v) is 16.1. The van der Waals surface area contributed by atoms with Crippen molar-refractivity contribution in [2.75, 3.05) is 13.2 Å². The molecule has 0 aromatic heterocycles. The zero-order chi connectivity index (χ0) is 20.8. The molecule has 0 aliphatic carbocycles. The summed E-state index contributed by atoms with van der Waals surface area (Å²) in [6, 6.07) is 15.2. The highest BCUT2D eigenvalue weighted by molar-refractivity contribution is 5.88. The zero-order valence-electron chi connectivity index (χ0n) is 16.1. The lowest BCUT2D eigenvalue weighted by molar-refractivity contribution is -0.152. The molecule has 1 saturated heterocycles. The summed E-state index contributed by atoms with van der Waals surface area (Å²) in [6.07, 6.45) is 0.0766. The Morgan fingerprint density at radius 2 is 1.86 bits per heavy atom. The van der Waals surface area contributed by atoms with Crippen molar-refractivity contribution in [3.05, 3.63) is 71.5 Å². The van der Waals surface area contributed by atoms with E-state index < -0.39 is 24.4 Å². The number of halogens is 1. The van der Waals surface area contributed by atoms with Crippen LogP contribution in [0.1, 0.15) is 30.5 Å². The number of amides is 2. The first-order valence-corrected chi connectivity index (χ1v) is 9.46. The molecule has 2 atom stereocenters. The van der Waals surface area contributed by atoms with Crippen LogP contribution in [-0.4, -0.2) is 35.8 Å². The maximum atomic E-state index is 12.9. The molecule has 3 rings (SSSR count). The molecule has 0 unspecified atom stereocenters. The topological polar surface area (TPSA) is 75.7 Å². The van der Waals surface area contributed by atoms with E-state index in [0.29, 0.717) is 0 Å². The lowest BCUT2D eigenvalue weighted by Crippen LogP contribution is -2.32. The van der Waals surface area contributed by atoms with Crippen LogP contribution in [0.2, 0.25) is 0 Å². The van der Waals surface area contributed by atoms with Gasteiger partial charge in [-0.2, -0.15) is 0 Å². The van der Waals surface area contributed by atoms with Gasteiger partial charge in [0.1, 0.15) is 5.82 Å². The van der Waals surface area contributed by atoms with Crippen molar-refractivity contribution in [1.82, 2.24) is 10.2 Å². The smallest absolute Gasteiger partial charge is 0.311 e. The molecule has 1 heterocycles. The maximum absolute atomic E-state index is 12.9. The minimum absolute atomic E-state index is 0.0766. The van der Waals surface area contributed by atoms with Gasteiger partial charge in [-0.1, -0.05) is 42.5 Å². The van der Waals surface area contributed by atoms with Crippen LogP contribution in [0.3, 0.4) is 0 Å². The summed E-state index contributed by atoms with van der Waals surface area (Å²) in [5.74, 6) is -2.06. The van der Waals surface area contributed by atoms with E-state index in [0.717, 1.165) is 11.1 Å². The minimum atomic E-state index is -0.585. The Bertz CT molecular complexity index is 870. The summed E-state index contributed by atoms with van der Waals surface area (Å²) in [4.78, 5) is 38.2. The second kappa shape index (κ2) is 9.32. The Kier molecular flexibility index (Phi) is 6.59. The number of carbonyl (C=O) groups is 3. The Hall–Kier alpha value is -3.22. The van der Waals surface area contributed by atoms with Gasteiger partial charge in [0.15, 0.2) is 6.61 Å². The summed E-state index contributed by atoms with van der Waals surface area (Å²) in [5.41, 5.74) is 1.73. The number of rotatable bonds is 7. The molecular formula is C22H23FN2O4. The van der Waals surface area contributed by atoms with Crippen LogP contribution in [0.15, 0.2) is 54.6 Å². The van der Waals surface area contributed by atoms with E-state index in [4.69, 9.17) is 4.74 Å². The van der Waals surface area contributed by atoms with Crippen LogP contribution in [-0.2, 0) is 25.7 Å². The number of benzene rings is 2. The molecule has 2 aromatic carbocycles. The first kappa shape index (κ1) is 20.5. The SMILES string of the molecule is C[C@H](c1ccccc1)N1C[C@H](C(=O)OCC(=O)NCc2ccc(F)cc2)CC1=O. The molecule has 152 valence electrons. The van der Waals surface area contributed by atoms with Crippen molar-refractivity contribution in [2.24, 2.45) is 5.92 Å². The highest BCUT2D eigenvalue weighted by Gasteiger charge is 2.38. The number of esters is 1. The lowest BCUT2D eigenvalue weighted by atomic mass is 10.1. The monoisotopic (exact) mass is 398 g/mol. The molecule has 1 fully saturated rings. The van der Waals surface area contributed by atoms with Crippen molar-refractivity contribution in [3.8, 4) is 0 Å². The molecule has 0 radical (unpaired) electrons. The highest BCUT2D eigenvalue weighted by Crippen LogP contribution is 2.28. The molecule has 7 heteroatoms. The largest absolute Gasteiger partial charge is 0.455 e. The molecule has 2 aromatic rings. The predicted molar refractivity (Wildman–Crippen MR) is 104 cm³/mol. The summed E-state index contributed by atoms with van der Waals surface area (Å²) in [6.45, 7) is 1.98. The molecular weight excluding hydrogens is 375 g/mol. The summed E-state index contributed by atoms with van der Waals surface area (Å²) >= 11 is 0. The predicted octanol–water partition coefficient (Wildman–Crippen LogP) is 2.59. The number of nitrogens with one attached hydrogen (secondary N) is 1. The molecule has 0 bridgehead atoms.